The quantitative estimate of drug-likeness (QED) is 0.560. The minimum atomic E-state index is 0.630. The van der Waals surface area contributed by atoms with E-state index in [1.54, 1.807) is 0 Å². The number of fused-ring (bicyclic) bond motifs is 1. The topological polar surface area (TPSA) is 26.0 Å². The van der Waals surface area contributed by atoms with E-state index in [9.17, 15) is 0 Å². The highest BCUT2D eigenvalue weighted by molar-refractivity contribution is 5.31. The van der Waals surface area contributed by atoms with Gasteiger partial charge in [-0.3, -0.25) is 0 Å². The average Bonchev–Trinajstić information content (AvgIpc) is 2.92. The van der Waals surface area contributed by atoms with Crippen molar-refractivity contribution in [1.82, 2.24) is 0 Å². The summed E-state index contributed by atoms with van der Waals surface area (Å²) in [5.74, 6) is 5.94. The first-order chi connectivity index (χ1) is 12.3. The van der Waals surface area contributed by atoms with Crippen LogP contribution in [0.1, 0.15) is 93.4 Å². The van der Waals surface area contributed by atoms with Gasteiger partial charge in [0.2, 0.25) is 0 Å². The fraction of sp³-hybridized carbons (Fsp3) is 0.840. The van der Waals surface area contributed by atoms with Gasteiger partial charge in [-0.25, -0.2) is 0 Å². The van der Waals surface area contributed by atoms with Gasteiger partial charge in [0, 0.05) is 5.70 Å². The summed E-state index contributed by atoms with van der Waals surface area (Å²) in [5, 5.41) is 0. The van der Waals surface area contributed by atoms with E-state index in [0.29, 0.717) is 5.92 Å². The van der Waals surface area contributed by atoms with Crippen molar-refractivity contribution in [2.24, 2.45) is 47.2 Å². The predicted molar refractivity (Wildman–Crippen MR) is 116 cm³/mol. The minimum Gasteiger partial charge on any atom is -0.399 e. The highest BCUT2D eigenvalue weighted by atomic mass is 14.6. The van der Waals surface area contributed by atoms with Gasteiger partial charge in [0.15, 0.2) is 0 Å². The zero-order valence-corrected chi connectivity index (χ0v) is 18.6. The molecule has 0 amide bonds. The lowest BCUT2D eigenvalue weighted by Gasteiger charge is -2.32. The molecule has 0 heterocycles. The van der Waals surface area contributed by atoms with Gasteiger partial charge in [-0.15, -0.1) is 0 Å². The van der Waals surface area contributed by atoms with Crippen LogP contribution in [0.2, 0.25) is 0 Å². The van der Waals surface area contributed by atoms with Gasteiger partial charge in [0.25, 0.3) is 0 Å². The third-order valence-corrected chi connectivity index (χ3v) is 7.58. The summed E-state index contributed by atoms with van der Waals surface area (Å²) in [6.45, 7) is 16.8. The molecule has 0 radical (unpaired) electrons. The van der Waals surface area contributed by atoms with Crippen molar-refractivity contribution in [3.05, 3.63) is 22.9 Å². The van der Waals surface area contributed by atoms with Crippen molar-refractivity contribution in [2.75, 3.05) is 0 Å². The summed E-state index contributed by atoms with van der Waals surface area (Å²) in [5.41, 5.74) is 10.4. The molecule has 150 valence electrons. The number of hydrogen-bond acceptors (Lipinski definition) is 1. The Bertz CT molecular complexity index is 510. The third-order valence-electron chi connectivity index (χ3n) is 7.58. The highest BCUT2D eigenvalue weighted by Gasteiger charge is 2.44. The lowest BCUT2D eigenvalue weighted by molar-refractivity contribution is 0.188. The molecular formula is C25H45N. The van der Waals surface area contributed by atoms with Gasteiger partial charge in [0.1, 0.15) is 0 Å². The summed E-state index contributed by atoms with van der Waals surface area (Å²) < 4.78 is 0. The van der Waals surface area contributed by atoms with Crippen LogP contribution >= 0.6 is 0 Å². The van der Waals surface area contributed by atoms with E-state index in [1.807, 2.05) is 0 Å². The second-order valence-electron chi connectivity index (χ2n) is 10.1. The molecule has 0 aromatic heterocycles. The lowest BCUT2D eigenvalue weighted by atomic mass is 9.74. The van der Waals surface area contributed by atoms with E-state index in [2.05, 4.69) is 54.5 Å². The Labute approximate surface area is 163 Å². The Morgan fingerprint density at radius 2 is 1.62 bits per heavy atom. The molecule has 5 atom stereocenters. The zero-order valence-electron chi connectivity index (χ0n) is 18.6. The molecule has 5 unspecified atom stereocenters. The third kappa shape index (κ3) is 4.96. The monoisotopic (exact) mass is 359 g/mol. The van der Waals surface area contributed by atoms with E-state index in [0.717, 1.165) is 47.6 Å². The van der Waals surface area contributed by atoms with Crippen LogP contribution in [0.15, 0.2) is 22.9 Å². The number of rotatable bonds is 3. The Morgan fingerprint density at radius 1 is 1.00 bits per heavy atom. The van der Waals surface area contributed by atoms with E-state index in [1.165, 1.54) is 49.7 Å². The molecule has 1 heteroatoms. The van der Waals surface area contributed by atoms with Gasteiger partial charge >= 0.3 is 0 Å². The maximum Gasteiger partial charge on any atom is 0.0332 e. The summed E-state index contributed by atoms with van der Waals surface area (Å²) >= 11 is 0. The largest absolute Gasteiger partial charge is 0.399 e. The molecule has 0 aromatic carbocycles. The molecule has 26 heavy (non-hydrogen) atoms. The fourth-order valence-corrected chi connectivity index (χ4v) is 6.12. The molecule has 2 N–H and O–H groups in total. The van der Waals surface area contributed by atoms with Crippen molar-refractivity contribution >= 4 is 0 Å². The Kier molecular flexibility index (Phi) is 7.86. The van der Waals surface area contributed by atoms with Crippen LogP contribution in [-0.2, 0) is 0 Å². The van der Waals surface area contributed by atoms with Crippen LogP contribution in [0.5, 0.6) is 0 Å². The molecule has 0 saturated heterocycles. The SMILES string of the molecule is CC/C1=C(N)/C(C)=C\C(C)CC2C(C(C)C)CC(C(C)C)C2CCCC1. The summed E-state index contributed by atoms with van der Waals surface area (Å²) in [6.07, 6.45) is 11.7. The lowest BCUT2D eigenvalue weighted by Crippen LogP contribution is -2.24. The van der Waals surface area contributed by atoms with Crippen molar-refractivity contribution < 1.29 is 0 Å². The van der Waals surface area contributed by atoms with Crippen LogP contribution in [0.4, 0.5) is 0 Å². The number of hydrogen-bond donors (Lipinski definition) is 1. The maximum atomic E-state index is 6.53. The Balaban J connectivity index is 2.33. The summed E-state index contributed by atoms with van der Waals surface area (Å²) in [6, 6.07) is 0. The Morgan fingerprint density at radius 3 is 2.19 bits per heavy atom. The second kappa shape index (κ2) is 9.47. The van der Waals surface area contributed by atoms with Crippen molar-refractivity contribution in [1.29, 1.82) is 0 Å². The van der Waals surface area contributed by atoms with Crippen LogP contribution in [0.3, 0.4) is 0 Å². The van der Waals surface area contributed by atoms with Gasteiger partial charge in [0.05, 0.1) is 0 Å². The molecule has 2 aliphatic rings. The molecule has 1 fully saturated rings. The Hall–Kier alpha value is -0.720. The number of allylic oxidation sites excluding steroid dienone is 3. The molecule has 2 aliphatic carbocycles. The molecule has 0 spiro atoms. The first-order valence-electron chi connectivity index (χ1n) is 11.4. The average molecular weight is 360 g/mol. The molecule has 2 rings (SSSR count). The van der Waals surface area contributed by atoms with Crippen LogP contribution in [0.25, 0.3) is 0 Å². The number of nitrogens with two attached hydrogens (primary N) is 1. The van der Waals surface area contributed by atoms with Gasteiger partial charge in [-0.1, -0.05) is 54.0 Å². The van der Waals surface area contributed by atoms with Gasteiger partial charge in [-0.05, 0) is 98.0 Å². The summed E-state index contributed by atoms with van der Waals surface area (Å²) in [4.78, 5) is 0. The van der Waals surface area contributed by atoms with E-state index in [4.69, 9.17) is 5.73 Å². The van der Waals surface area contributed by atoms with Crippen molar-refractivity contribution in [2.45, 2.75) is 93.4 Å². The standard InChI is InChI=1S/C25H45N/c1-8-20-11-9-10-12-21-22(16(2)3)15-23(17(4)5)24(21)14-18(6)13-19(7)25(20)26/h13,16-18,21-24H,8-12,14-15,26H2,1-7H3/b19-13-,25-20+. The minimum absolute atomic E-state index is 0.630. The predicted octanol–water partition coefficient (Wildman–Crippen LogP) is 7.34. The van der Waals surface area contributed by atoms with Gasteiger partial charge in [-0.2, -0.15) is 0 Å². The normalized spacial score (nSPS) is 39.3. The van der Waals surface area contributed by atoms with Crippen LogP contribution < -0.4 is 5.73 Å². The second-order valence-corrected chi connectivity index (χ2v) is 10.1. The zero-order chi connectivity index (χ0) is 19.4. The summed E-state index contributed by atoms with van der Waals surface area (Å²) in [7, 11) is 0. The van der Waals surface area contributed by atoms with Crippen molar-refractivity contribution in [3.63, 3.8) is 0 Å². The first-order valence-corrected chi connectivity index (χ1v) is 11.4. The van der Waals surface area contributed by atoms with Crippen molar-refractivity contribution in [3.8, 4) is 0 Å². The van der Waals surface area contributed by atoms with Gasteiger partial charge < -0.3 is 5.73 Å². The molecule has 0 aliphatic heterocycles. The first kappa shape index (κ1) is 21.6. The molecule has 0 bridgehead atoms. The fourth-order valence-electron chi connectivity index (χ4n) is 6.12. The maximum absolute atomic E-state index is 6.53. The molecule has 0 aromatic rings. The smallest absolute Gasteiger partial charge is 0.0332 e. The molecule has 1 saturated carbocycles. The van der Waals surface area contributed by atoms with Crippen LogP contribution in [-0.4, -0.2) is 0 Å². The molecule has 1 nitrogen and oxygen atoms in total. The molecular weight excluding hydrogens is 314 g/mol. The highest BCUT2D eigenvalue weighted by Crippen LogP contribution is 2.52. The van der Waals surface area contributed by atoms with Crippen LogP contribution in [0, 0.1) is 41.4 Å². The van der Waals surface area contributed by atoms with E-state index >= 15 is 0 Å². The van der Waals surface area contributed by atoms with E-state index < -0.39 is 0 Å². The van der Waals surface area contributed by atoms with E-state index in [-0.39, 0.29) is 0 Å².